The van der Waals surface area contributed by atoms with E-state index in [1.165, 1.54) is 24.3 Å². The van der Waals surface area contributed by atoms with E-state index in [4.69, 9.17) is 12.2 Å². The van der Waals surface area contributed by atoms with Crippen molar-refractivity contribution in [3.05, 3.63) is 68.7 Å². The maximum absolute atomic E-state index is 12.1. The molecular formula is C15H12BrN3O3S. The molecule has 2 aromatic rings. The first-order valence-corrected chi connectivity index (χ1v) is 7.74. The fourth-order valence-corrected chi connectivity index (χ4v) is 2.39. The number of anilines is 1. The van der Waals surface area contributed by atoms with E-state index >= 15 is 0 Å². The van der Waals surface area contributed by atoms with E-state index in [1.807, 2.05) is 24.3 Å². The number of nitrogens with zero attached hydrogens (tertiary/aromatic N) is 1. The third kappa shape index (κ3) is 5.11. The van der Waals surface area contributed by atoms with Gasteiger partial charge in [0.1, 0.15) is 0 Å². The van der Waals surface area contributed by atoms with Crippen molar-refractivity contribution in [2.24, 2.45) is 0 Å². The van der Waals surface area contributed by atoms with Crippen molar-refractivity contribution in [2.75, 3.05) is 11.9 Å². The largest absolute Gasteiger partial charge is 0.355 e. The Morgan fingerprint density at radius 3 is 2.65 bits per heavy atom. The van der Waals surface area contributed by atoms with Gasteiger partial charge >= 0.3 is 0 Å². The predicted molar refractivity (Wildman–Crippen MR) is 95.8 cm³/mol. The topological polar surface area (TPSA) is 84.3 Å². The molecule has 8 heteroatoms. The number of benzene rings is 2. The Bertz CT molecular complexity index is 767. The summed E-state index contributed by atoms with van der Waals surface area (Å²) in [6.07, 6.45) is 0. The summed E-state index contributed by atoms with van der Waals surface area (Å²) in [7, 11) is 0. The molecule has 0 radical (unpaired) electrons. The lowest BCUT2D eigenvalue weighted by Gasteiger charge is -2.10. The average molecular weight is 394 g/mol. The quantitative estimate of drug-likeness (QED) is 0.349. The molecule has 0 aliphatic heterocycles. The van der Waals surface area contributed by atoms with Crippen LogP contribution in [0.15, 0.2) is 53.0 Å². The molecule has 0 bridgehead atoms. The lowest BCUT2D eigenvalue weighted by atomic mass is 10.1. The van der Waals surface area contributed by atoms with Gasteiger partial charge in [-0.2, -0.15) is 0 Å². The van der Waals surface area contributed by atoms with Crippen LogP contribution in [-0.4, -0.2) is 22.4 Å². The van der Waals surface area contributed by atoms with Crippen molar-refractivity contribution >= 4 is 50.4 Å². The average Bonchev–Trinajstić information content (AvgIpc) is 2.52. The van der Waals surface area contributed by atoms with Crippen LogP contribution in [0, 0.1) is 10.1 Å². The molecule has 2 rings (SSSR count). The van der Waals surface area contributed by atoms with Crippen LogP contribution in [0.1, 0.15) is 10.4 Å². The zero-order valence-corrected chi connectivity index (χ0v) is 14.2. The van der Waals surface area contributed by atoms with Crippen molar-refractivity contribution in [1.82, 2.24) is 5.32 Å². The maximum Gasteiger partial charge on any atom is 0.270 e. The van der Waals surface area contributed by atoms with Gasteiger partial charge in [0.15, 0.2) is 10.9 Å². The first kappa shape index (κ1) is 17.0. The Hall–Kier alpha value is -2.32. The number of nitro groups is 1. The van der Waals surface area contributed by atoms with E-state index in [9.17, 15) is 14.9 Å². The summed E-state index contributed by atoms with van der Waals surface area (Å²) in [6.45, 7) is -0.0546. The van der Waals surface area contributed by atoms with Crippen LogP contribution in [0.4, 0.5) is 11.4 Å². The van der Waals surface area contributed by atoms with Crippen molar-refractivity contribution in [1.29, 1.82) is 0 Å². The van der Waals surface area contributed by atoms with Crippen molar-refractivity contribution in [2.45, 2.75) is 0 Å². The van der Waals surface area contributed by atoms with Crippen LogP contribution in [0.25, 0.3) is 0 Å². The van der Waals surface area contributed by atoms with Gasteiger partial charge < -0.3 is 10.6 Å². The molecule has 0 atom stereocenters. The summed E-state index contributed by atoms with van der Waals surface area (Å²) in [4.78, 5) is 22.2. The van der Waals surface area contributed by atoms with Gasteiger partial charge in [-0.05, 0) is 30.4 Å². The van der Waals surface area contributed by atoms with E-state index in [2.05, 4.69) is 26.6 Å². The number of non-ortho nitro benzene ring substituents is 1. The molecule has 23 heavy (non-hydrogen) atoms. The number of thiocarbonyl (C=S) groups is 1. The van der Waals surface area contributed by atoms with Crippen LogP contribution in [0.3, 0.4) is 0 Å². The zero-order chi connectivity index (χ0) is 16.8. The fraction of sp³-hybridized carbons (Fsp3) is 0.0667. The lowest BCUT2D eigenvalue weighted by Crippen LogP contribution is -2.33. The Morgan fingerprint density at radius 1 is 1.22 bits per heavy atom. The second kappa shape index (κ2) is 7.80. The van der Waals surface area contributed by atoms with E-state index < -0.39 is 4.92 Å². The molecule has 0 saturated carbocycles. The van der Waals surface area contributed by atoms with E-state index in [0.717, 1.165) is 10.2 Å². The van der Waals surface area contributed by atoms with Crippen LogP contribution >= 0.6 is 28.1 Å². The third-order valence-corrected chi connectivity index (χ3v) is 3.61. The molecule has 0 saturated heterocycles. The highest BCUT2D eigenvalue weighted by atomic mass is 79.9. The number of carbonyl (C=O) groups is 1. The second-order valence-corrected chi connectivity index (χ2v) is 5.87. The number of hydrogen-bond acceptors (Lipinski definition) is 4. The molecule has 0 aliphatic rings. The number of carbonyl (C=O) groups excluding carboxylic acids is 1. The summed E-state index contributed by atoms with van der Waals surface area (Å²) < 4.78 is 0.901. The number of halogens is 1. The van der Waals surface area contributed by atoms with Crippen molar-refractivity contribution < 1.29 is 9.72 Å². The molecule has 0 aliphatic carbocycles. The Balaban J connectivity index is 1.92. The van der Waals surface area contributed by atoms with Crippen LogP contribution in [0.5, 0.6) is 0 Å². The number of nitrogens with one attached hydrogen (secondary N) is 2. The van der Waals surface area contributed by atoms with Crippen molar-refractivity contribution in [3.63, 3.8) is 0 Å². The van der Waals surface area contributed by atoms with Gasteiger partial charge in [-0.3, -0.25) is 14.9 Å². The normalized spacial score (nSPS) is 9.96. The first-order valence-electron chi connectivity index (χ1n) is 6.54. The van der Waals surface area contributed by atoms with Gasteiger partial charge in [0.2, 0.25) is 0 Å². The molecular weight excluding hydrogens is 382 g/mol. The first-order chi connectivity index (χ1) is 11.0. The monoisotopic (exact) mass is 393 g/mol. The summed E-state index contributed by atoms with van der Waals surface area (Å²) in [5.74, 6) is -0.285. The zero-order valence-electron chi connectivity index (χ0n) is 11.8. The van der Waals surface area contributed by atoms with Gasteiger partial charge in [0, 0.05) is 27.9 Å². The van der Waals surface area contributed by atoms with E-state index in [0.29, 0.717) is 5.11 Å². The number of ketones is 1. The SMILES string of the molecule is O=C(CNC(=S)Nc1cccc(Br)c1)c1cccc([N+](=O)[O-])c1. The highest BCUT2D eigenvalue weighted by Gasteiger charge is 2.11. The number of rotatable bonds is 5. The molecule has 0 spiro atoms. The highest BCUT2D eigenvalue weighted by Crippen LogP contribution is 2.15. The maximum atomic E-state index is 12.1. The Labute approximate surface area is 146 Å². The Morgan fingerprint density at radius 2 is 1.96 bits per heavy atom. The Kier molecular flexibility index (Phi) is 5.78. The van der Waals surface area contributed by atoms with Gasteiger partial charge in [-0.15, -0.1) is 0 Å². The minimum absolute atomic E-state index is 0.0546. The standard InChI is InChI=1S/C15H12BrN3O3S/c16-11-4-2-5-12(8-11)18-15(23)17-9-14(20)10-3-1-6-13(7-10)19(21)22/h1-8H,9H2,(H2,17,18,23). The molecule has 2 N–H and O–H groups in total. The minimum Gasteiger partial charge on any atom is -0.355 e. The summed E-state index contributed by atoms with van der Waals surface area (Å²) >= 11 is 8.47. The van der Waals surface area contributed by atoms with Crippen LogP contribution in [-0.2, 0) is 0 Å². The number of hydrogen-bond donors (Lipinski definition) is 2. The second-order valence-electron chi connectivity index (χ2n) is 4.55. The van der Waals surface area contributed by atoms with Crippen molar-refractivity contribution in [3.8, 4) is 0 Å². The summed E-state index contributed by atoms with van der Waals surface area (Å²) in [6, 6.07) is 13.0. The van der Waals surface area contributed by atoms with Gasteiger partial charge in [-0.1, -0.05) is 34.1 Å². The van der Waals surface area contributed by atoms with Gasteiger partial charge in [0.25, 0.3) is 5.69 Å². The minimum atomic E-state index is -0.538. The molecule has 0 aromatic heterocycles. The molecule has 6 nitrogen and oxygen atoms in total. The molecule has 118 valence electrons. The summed E-state index contributed by atoms with van der Waals surface area (Å²) in [5, 5.41) is 16.7. The third-order valence-electron chi connectivity index (χ3n) is 2.87. The number of Topliss-reactive ketones (excluding diaryl/α,β-unsaturated/α-hetero) is 1. The van der Waals surface area contributed by atoms with E-state index in [1.54, 1.807) is 0 Å². The number of nitro benzene ring substituents is 1. The smallest absolute Gasteiger partial charge is 0.270 e. The summed E-state index contributed by atoms with van der Waals surface area (Å²) in [5.41, 5.74) is 0.919. The molecule has 2 aromatic carbocycles. The predicted octanol–water partition coefficient (Wildman–Crippen LogP) is 3.53. The van der Waals surface area contributed by atoms with Crippen LogP contribution in [0.2, 0.25) is 0 Å². The van der Waals surface area contributed by atoms with E-state index in [-0.39, 0.29) is 23.6 Å². The van der Waals surface area contributed by atoms with Crippen LogP contribution < -0.4 is 10.6 Å². The fourth-order valence-electron chi connectivity index (χ4n) is 1.80. The molecule has 0 fully saturated rings. The molecule has 0 heterocycles. The molecule has 0 unspecified atom stereocenters. The lowest BCUT2D eigenvalue weighted by molar-refractivity contribution is -0.384. The molecule has 0 amide bonds. The van der Waals surface area contributed by atoms with Gasteiger partial charge in [-0.25, -0.2) is 0 Å². The van der Waals surface area contributed by atoms with Gasteiger partial charge in [0.05, 0.1) is 11.5 Å². The highest BCUT2D eigenvalue weighted by molar-refractivity contribution is 9.10.